The van der Waals surface area contributed by atoms with Gasteiger partial charge in [0.25, 0.3) is 0 Å². The highest BCUT2D eigenvalue weighted by atomic mass is 32.2. The Labute approximate surface area is 130 Å². The lowest BCUT2D eigenvalue weighted by molar-refractivity contribution is -0.133. The van der Waals surface area contributed by atoms with Crippen LogP contribution in [0.3, 0.4) is 0 Å². The summed E-state index contributed by atoms with van der Waals surface area (Å²) in [6, 6.07) is 0. The lowest BCUT2D eigenvalue weighted by Crippen LogP contribution is -2.51. The van der Waals surface area contributed by atoms with Gasteiger partial charge >= 0.3 is 0 Å². The second-order valence-electron chi connectivity index (χ2n) is 6.13. The van der Waals surface area contributed by atoms with Gasteiger partial charge in [0.1, 0.15) is 4.90 Å². The molecule has 0 atom stereocenters. The molecule has 0 unspecified atom stereocenters. The second kappa shape index (κ2) is 5.34. The average molecular weight is 326 g/mol. The molecule has 8 heteroatoms. The number of sulfonamides is 1. The fourth-order valence-corrected chi connectivity index (χ4v) is 4.82. The molecule has 1 saturated heterocycles. The summed E-state index contributed by atoms with van der Waals surface area (Å²) in [4.78, 5) is 14.1. The van der Waals surface area contributed by atoms with Crippen LogP contribution in [0.15, 0.2) is 4.90 Å². The summed E-state index contributed by atoms with van der Waals surface area (Å²) in [5, 5.41) is 4.19. The number of hydrogen-bond donors (Lipinski definition) is 0. The minimum Gasteiger partial charge on any atom is -0.340 e. The molecule has 1 amide bonds. The van der Waals surface area contributed by atoms with Crippen molar-refractivity contribution in [2.45, 2.75) is 31.6 Å². The average Bonchev–Trinajstić information content (AvgIpc) is 3.27. The Hall–Kier alpha value is -1.41. The molecule has 2 heterocycles. The summed E-state index contributed by atoms with van der Waals surface area (Å²) >= 11 is 0. The van der Waals surface area contributed by atoms with E-state index in [0.717, 1.165) is 12.8 Å². The third-order valence-electron chi connectivity index (χ3n) is 4.52. The highest BCUT2D eigenvalue weighted by Gasteiger charge is 2.37. The number of hydrogen-bond acceptors (Lipinski definition) is 4. The van der Waals surface area contributed by atoms with E-state index in [1.165, 1.54) is 4.31 Å². The first kappa shape index (κ1) is 15.5. The standard InChI is InChI=1S/C14H22N4O3S/c1-10-13(11(2)16(3)15-10)22(20,21)18-8-6-17(7-9-18)14(19)12-4-5-12/h12H,4-9H2,1-3H3. The molecule has 2 fully saturated rings. The molecule has 2 aliphatic rings. The number of amides is 1. The molecule has 1 aliphatic carbocycles. The first-order valence-corrected chi connectivity index (χ1v) is 9.05. The molecule has 22 heavy (non-hydrogen) atoms. The van der Waals surface area contributed by atoms with Crippen LogP contribution < -0.4 is 0 Å². The second-order valence-corrected chi connectivity index (χ2v) is 8.00. The Bertz CT molecular complexity index is 698. The van der Waals surface area contributed by atoms with E-state index in [0.29, 0.717) is 42.5 Å². The molecule has 0 N–H and O–H groups in total. The van der Waals surface area contributed by atoms with Crippen LogP contribution >= 0.6 is 0 Å². The Morgan fingerprint density at radius 2 is 1.73 bits per heavy atom. The highest BCUT2D eigenvalue weighted by molar-refractivity contribution is 7.89. The van der Waals surface area contributed by atoms with Gasteiger partial charge in [-0.05, 0) is 26.7 Å². The number of nitrogens with zero attached hydrogens (tertiary/aromatic N) is 4. The van der Waals surface area contributed by atoms with Crippen LogP contribution in [0.1, 0.15) is 24.2 Å². The fraction of sp³-hybridized carbons (Fsp3) is 0.714. The highest BCUT2D eigenvalue weighted by Crippen LogP contribution is 2.31. The fourth-order valence-electron chi connectivity index (χ4n) is 2.99. The van der Waals surface area contributed by atoms with Crippen LogP contribution in [-0.4, -0.2) is 59.5 Å². The minimum atomic E-state index is -3.54. The lowest BCUT2D eigenvalue weighted by Gasteiger charge is -2.34. The lowest BCUT2D eigenvalue weighted by atomic mass is 10.3. The molecule has 122 valence electrons. The Kier molecular flexibility index (Phi) is 3.76. The molecule has 0 aromatic carbocycles. The minimum absolute atomic E-state index is 0.186. The van der Waals surface area contributed by atoms with Crippen LogP contribution in [-0.2, 0) is 21.9 Å². The van der Waals surface area contributed by atoms with Crippen molar-refractivity contribution in [2.75, 3.05) is 26.2 Å². The van der Waals surface area contributed by atoms with Crippen molar-refractivity contribution in [3.8, 4) is 0 Å². The number of carbonyl (C=O) groups is 1. The van der Waals surface area contributed by atoms with Gasteiger partial charge in [-0.25, -0.2) is 8.42 Å². The zero-order chi connectivity index (χ0) is 16.1. The van der Waals surface area contributed by atoms with Crippen LogP contribution in [0, 0.1) is 19.8 Å². The topological polar surface area (TPSA) is 75.5 Å². The van der Waals surface area contributed by atoms with Crippen LogP contribution in [0.2, 0.25) is 0 Å². The summed E-state index contributed by atoms with van der Waals surface area (Å²) < 4.78 is 28.7. The first-order valence-electron chi connectivity index (χ1n) is 7.61. The Morgan fingerprint density at radius 3 is 2.18 bits per heavy atom. The largest absolute Gasteiger partial charge is 0.340 e. The van der Waals surface area contributed by atoms with Crippen LogP contribution in [0.5, 0.6) is 0 Å². The molecule has 1 aliphatic heterocycles. The quantitative estimate of drug-likeness (QED) is 0.799. The van der Waals surface area contributed by atoms with Gasteiger partial charge in [0.05, 0.1) is 11.4 Å². The van der Waals surface area contributed by atoms with Gasteiger partial charge in [0.15, 0.2) is 0 Å². The van der Waals surface area contributed by atoms with Gasteiger partial charge in [0.2, 0.25) is 15.9 Å². The zero-order valence-electron chi connectivity index (χ0n) is 13.2. The molecular formula is C14H22N4O3S. The van der Waals surface area contributed by atoms with Crippen molar-refractivity contribution in [2.24, 2.45) is 13.0 Å². The molecule has 0 bridgehead atoms. The maximum Gasteiger partial charge on any atom is 0.246 e. The van der Waals surface area contributed by atoms with E-state index in [1.807, 2.05) is 0 Å². The smallest absolute Gasteiger partial charge is 0.246 e. The molecule has 7 nitrogen and oxygen atoms in total. The van der Waals surface area contributed by atoms with E-state index in [9.17, 15) is 13.2 Å². The number of rotatable bonds is 3. The number of aromatic nitrogens is 2. The van der Waals surface area contributed by atoms with E-state index in [1.54, 1.807) is 30.5 Å². The molecule has 0 radical (unpaired) electrons. The molecule has 1 aromatic rings. The summed E-state index contributed by atoms with van der Waals surface area (Å²) in [6.07, 6.45) is 1.96. The molecule has 1 saturated carbocycles. The van der Waals surface area contributed by atoms with E-state index in [2.05, 4.69) is 5.10 Å². The third kappa shape index (κ3) is 2.54. The van der Waals surface area contributed by atoms with Gasteiger partial charge in [-0.2, -0.15) is 9.40 Å². The van der Waals surface area contributed by atoms with E-state index >= 15 is 0 Å². The predicted molar refractivity (Wildman–Crippen MR) is 80.7 cm³/mol. The SMILES string of the molecule is Cc1nn(C)c(C)c1S(=O)(=O)N1CCN(C(=O)C2CC2)CC1. The normalized spacial score (nSPS) is 20.4. The third-order valence-corrected chi connectivity index (χ3v) is 6.67. The van der Waals surface area contributed by atoms with E-state index < -0.39 is 10.0 Å². The van der Waals surface area contributed by atoms with Gasteiger partial charge in [-0.15, -0.1) is 0 Å². The summed E-state index contributed by atoms with van der Waals surface area (Å²) in [7, 11) is -1.80. The summed E-state index contributed by atoms with van der Waals surface area (Å²) in [5.74, 6) is 0.372. The van der Waals surface area contributed by atoms with Crippen LogP contribution in [0.4, 0.5) is 0 Å². The van der Waals surface area contributed by atoms with Crippen molar-refractivity contribution in [1.29, 1.82) is 0 Å². The Morgan fingerprint density at radius 1 is 1.14 bits per heavy atom. The summed E-state index contributed by atoms with van der Waals surface area (Å²) in [6.45, 7) is 5.15. The maximum absolute atomic E-state index is 12.8. The van der Waals surface area contributed by atoms with Crippen molar-refractivity contribution < 1.29 is 13.2 Å². The number of piperazine rings is 1. The van der Waals surface area contributed by atoms with Crippen molar-refractivity contribution in [3.63, 3.8) is 0 Å². The molecule has 0 spiro atoms. The van der Waals surface area contributed by atoms with E-state index in [4.69, 9.17) is 0 Å². The Balaban J connectivity index is 1.76. The molecule has 1 aromatic heterocycles. The predicted octanol–water partition coefficient (Wildman–Crippen LogP) is 0.280. The van der Waals surface area contributed by atoms with Gasteiger partial charge < -0.3 is 4.90 Å². The van der Waals surface area contributed by atoms with Gasteiger partial charge in [0, 0.05) is 39.1 Å². The molecular weight excluding hydrogens is 304 g/mol. The maximum atomic E-state index is 12.8. The van der Waals surface area contributed by atoms with Gasteiger partial charge in [-0.1, -0.05) is 0 Å². The number of carbonyl (C=O) groups excluding carboxylic acids is 1. The monoisotopic (exact) mass is 326 g/mol. The van der Waals surface area contributed by atoms with Crippen LogP contribution in [0.25, 0.3) is 0 Å². The van der Waals surface area contributed by atoms with Crippen molar-refractivity contribution in [1.82, 2.24) is 19.0 Å². The zero-order valence-corrected chi connectivity index (χ0v) is 14.1. The van der Waals surface area contributed by atoms with Crippen molar-refractivity contribution in [3.05, 3.63) is 11.4 Å². The van der Waals surface area contributed by atoms with E-state index in [-0.39, 0.29) is 11.8 Å². The summed E-state index contributed by atoms with van der Waals surface area (Å²) in [5.41, 5.74) is 1.17. The van der Waals surface area contributed by atoms with Crippen molar-refractivity contribution >= 4 is 15.9 Å². The molecule has 3 rings (SSSR count). The van der Waals surface area contributed by atoms with Gasteiger partial charge in [-0.3, -0.25) is 9.48 Å². The number of aryl methyl sites for hydroxylation is 2. The first-order chi connectivity index (χ1) is 10.3.